The standard InChI is InChI=1S/C12H25N3O3/c1-4-7-15(5-2)8-6-13-9-11(12(17)18)14-10(3)16/h11,13H,4-9H2,1-3H3,(H,14,16)(H,17,18). The Hall–Kier alpha value is -1.14. The SMILES string of the molecule is CCCN(CC)CCNCC(NC(C)=O)C(=O)O. The first-order valence-corrected chi connectivity index (χ1v) is 6.44. The maximum Gasteiger partial charge on any atom is 0.327 e. The van der Waals surface area contributed by atoms with Gasteiger partial charge in [0.05, 0.1) is 0 Å². The van der Waals surface area contributed by atoms with Crippen molar-refractivity contribution in [1.29, 1.82) is 0 Å². The van der Waals surface area contributed by atoms with Crippen molar-refractivity contribution in [1.82, 2.24) is 15.5 Å². The van der Waals surface area contributed by atoms with E-state index < -0.39 is 12.0 Å². The zero-order valence-electron chi connectivity index (χ0n) is 11.5. The third-order valence-corrected chi connectivity index (χ3v) is 2.62. The number of hydrogen-bond donors (Lipinski definition) is 3. The van der Waals surface area contributed by atoms with Gasteiger partial charge < -0.3 is 20.6 Å². The second-order valence-electron chi connectivity index (χ2n) is 4.23. The van der Waals surface area contributed by atoms with Gasteiger partial charge in [0.25, 0.3) is 0 Å². The van der Waals surface area contributed by atoms with Gasteiger partial charge in [-0.25, -0.2) is 4.79 Å². The van der Waals surface area contributed by atoms with Crippen molar-refractivity contribution in [3.8, 4) is 0 Å². The molecule has 1 amide bonds. The lowest BCUT2D eigenvalue weighted by Crippen LogP contribution is -2.47. The Morgan fingerprint density at radius 3 is 2.39 bits per heavy atom. The van der Waals surface area contributed by atoms with Gasteiger partial charge >= 0.3 is 5.97 Å². The maximum atomic E-state index is 10.9. The predicted molar refractivity (Wildman–Crippen MR) is 70.5 cm³/mol. The number of rotatable bonds is 10. The molecule has 0 aliphatic rings. The lowest BCUT2D eigenvalue weighted by Gasteiger charge is -2.20. The molecule has 0 aromatic heterocycles. The number of carboxylic acids is 1. The quantitative estimate of drug-likeness (QED) is 0.477. The van der Waals surface area contributed by atoms with Crippen molar-refractivity contribution < 1.29 is 14.7 Å². The highest BCUT2D eigenvalue weighted by Crippen LogP contribution is 1.89. The first kappa shape index (κ1) is 16.9. The molecule has 3 N–H and O–H groups in total. The van der Waals surface area contributed by atoms with Crippen LogP contribution in [-0.4, -0.2) is 60.6 Å². The number of carbonyl (C=O) groups is 2. The number of carboxylic acid groups (broad SMARTS) is 1. The van der Waals surface area contributed by atoms with E-state index in [0.717, 1.165) is 32.6 Å². The van der Waals surface area contributed by atoms with E-state index in [0.29, 0.717) is 0 Å². The summed E-state index contributed by atoms with van der Waals surface area (Å²) in [5.41, 5.74) is 0. The van der Waals surface area contributed by atoms with Crippen molar-refractivity contribution in [3.05, 3.63) is 0 Å². The molecule has 6 nitrogen and oxygen atoms in total. The van der Waals surface area contributed by atoms with E-state index in [1.54, 1.807) is 0 Å². The van der Waals surface area contributed by atoms with E-state index in [2.05, 4.69) is 29.4 Å². The minimum atomic E-state index is -1.02. The van der Waals surface area contributed by atoms with Crippen LogP contribution in [0.25, 0.3) is 0 Å². The van der Waals surface area contributed by atoms with E-state index >= 15 is 0 Å². The zero-order chi connectivity index (χ0) is 14.0. The highest BCUT2D eigenvalue weighted by atomic mass is 16.4. The fourth-order valence-corrected chi connectivity index (χ4v) is 1.67. The molecule has 0 saturated carbocycles. The van der Waals surface area contributed by atoms with Crippen LogP contribution in [0.1, 0.15) is 27.2 Å². The van der Waals surface area contributed by atoms with Crippen molar-refractivity contribution in [3.63, 3.8) is 0 Å². The zero-order valence-corrected chi connectivity index (χ0v) is 11.5. The lowest BCUT2D eigenvalue weighted by atomic mass is 10.3. The van der Waals surface area contributed by atoms with Crippen LogP contribution < -0.4 is 10.6 Å². The molecule has 0 fully saturated rings. The smallest absolute Gasteiger partial charge is 0.327 e. The van der Waals surface area contributed by atoms with E-state index in [1.165, 1.54) is 6.92 Å². The molecule has 18 heavy (non-hydrogen) atoms. The Morgan fingerprint density at radius 1 is 1.28 bits per heavy atom. The summed E-state index contributed by atoms with van der Waals surface area (Å²) < 4.78 is 0. The van der Waals surface area contributed by atoms with Crippen LogP contribution >= 0.6 is 0 Å². The van der Waals surface area contributed by atoms with Crippen molar-refractivity contribution in [2.45, 2.75) is 33.2 Å². The number of hydrogen-bond acceptors (Lipinski definition) is 4. The summed E-state index contributed by atoms with van der Waals surface area (Å²) in [5.74, 6) is -1.34. The second-order valence-corrected chi connectivity index (χ2v) is 4.23. The Labute approximate surface area is 109 Å². The molecule has 0 aliphatic carbocycles. The summed E-state index contributed by atoms with van der Waals surface area (Å²) in [6.07, 6.45) is 1.11. The maximum absolute atomic E-state index is 10.9. The third-order valence-electron chi connectivity index (χ3n) is 2.62. The van der Waals surface area contributed by atoms with Gasteiger partial charge in [0, 0.05) is 26.6 Å². The summed E-state index contributed by atoms with van der Waals surface area (Å²) >= 11 is 0. The van der Waals surface area contributed by atoms with Gasteiger partial charge in [0.2, 0.25) is 5.91 Å². The van der Waals surface area contributed by atoms with E-state index in [1.807, 2.05) is 0 Å². The Balaban J connectivity index is 3.85. The van der Waals surface area contributed by atoms with Gasteiger partial charge in [-0.05, 0) is 19.5 Å². The number of nitrogens with one attached hydrogen (secondary N) is 2. The molecular weight excluding hydrogens is 234 g/mol. The molecule has 106 valence electrons. The van der Waals surface area contributed by atoms with Crippen LogP contribution in [0, 0.1) is 0 Å². The molecular formula is C12H25N3O3. The summed E-state index contributed by atoms with van der Waals surface area (Å²) in [4.78, 5) is 24.0. The monoisotopic (exact) mass is 259 g/mol. The van der Waals surface area contributed by atoms with Gasteiger partial charge in [0.15, 0.2) is 0 Å². The Morgan fingerprint density at radius 2 is 1.94 bits per heavy atom. The van der Waals surface area contributed by atoms with Gasteiger partial charge in [-0.15, -0.1) is 0 Å². The average Bonchev–Trinajstić information content (AvgIpc) is 2.30. The van der Waals surface area contributed by atoms with Gasteiger partial charge in [-0.1, -0.05) is 13.8 Å². The van der Waals surface area contributed by atoms with Crippen molar-refractivity contribution >= 4 is 11.9 Å². The Kier molecular flexibility index (Phi) is 9.22. The topological polar surface area (TPSA) is 81.7 Å². The van der Waals surface area contributed by atoms with Crippen molar-refractivity contribution in [2.24, 2.45) is 0 Å². The molecule has 0 saturated heterocycles. The fraction of sp³-hybridized carbons (Fsp3) is 0.833. The lowest BCUT2D eigenvalue weighted by molar-refractivity contribution is -0.141. The minimum absolute atomic E-state index is 0.249. The molecule has 0 heterocycles. The molecule has 6 heteroatoms. The molecule has 0 aromatic carbocycles. The van der Waals surface area contributed by atoms with Crippen LogP contribution in [0.5, 0.6) is 0 Å². The largest absolute Gasteiger partial charge is 0.480 e. The van der Waals surface area contributed by atoms with E-state index in [4.69, 9.17) is 5.11 Å². The molecule has 0 aliphatic heterocycles. The summed E-state index contributed by atoms with van der Waals surface area (Å²) in [5, 5.41) is 14.3. The van der Waals surface area contributed by atoms with Gasteiger partial charge in [-0.2, -0.15) is 0 Å². The molecule has 0 aromatic rings. The van der Waals surface area contributed by atoms with Gasteiger partial charge in [0.1, 0.15) is 6.04 Å². The molecule has 0 spiro atoms. The van der Waals surface area contributed by atoms with Crippen LogP contribution in [-0.2, 0) is 9.59 Å². The van der Waals surface area contributed by atoms with Crippen molar-refractivity contribution in [2.75, 3.05) is 32.7 Å². The van der Waals surface area contributed by atoms with E-state index in [9.17, 15) is 9.59 Å². The number of likely N-dealkylation sites (N-methyl/N-ethyl adjacent to an activating group) is 1. The first-order valence-electron chi connectivity index (χ1n) is 6.44. The predicted octanol–water partition coefficient (Wildman–Crippen LogP) is -0.103. The van der Waals surface area contributed by atoms with Crippen LogP contribution in [0.2, 0.25) is 0 Å². The number of amides is 1. The minimum Gasteiger partial charge on any atom is -0.480 e. The van der Waals surface area contributed by atoms with Crippen LogP contribution in [0.4, 0.5) is 0 Å². The van der Waals surface area contributed by atoms with Crippen LogP contribution in [0.3, 0.4) is 0 Å². The molecule has 0 rings (SSSR count). The highest BCUT2D eigenvalue weighted by Gasteiger charge is 2.17. The van der Waals surface area contributed by atoms with Gasteiger partial charge in [-0.3, -0.25) is 4.79 Å². The summed E-state index contributed by atoms with van der Waals surface area (Å²) in [6.45, 7) is 9.44. The van der Waals surface area contributed by atoms with E-state index in [-0.39, 0.29) is 12.5 Å². The number of nitrogens with zero attached hydrogens (tertiary/aromatic N) is 1. The van der Waals surface area contributed by atoms with Crippen LogP contribution in [0.15, 0.2) is 0 Å². The highest BCUT2D eigenvalue weighted by molar-refractivity contribution is 5.82. The second kappa shape index (κ2) is 9.85. The third kappa shape index (κ3) is 8.03. The average molecular weight is 259 g/mol. The molecule has 1 unspecified atom stereocenters. The normalized spacial score (nSPS) is 12.4. The number of carbonyl (C=O) groups excluding carboxylic acids is 1. The Bertz CT molecular complexity index is 259. The number of aliphatic carboxylic acids is 1. The fourth-order valence-electron chi connectivity index (χ4n) is 1.67. The first-order chi connectivity index (χ1) is 8.51. The molecule has 0 radical (unpaired) electrons. The summed E-state index contributed by atoms with van der Waals surface area (Å²) in [7, 11) is 0. The molecule has 0 bridgehead atoms. The molecule has 1 atom stereocenters. The summed E-state index contributed by atoms with van der Waals surface area (Å²) in [6, 6.07) is -0.858.